The summed E-state index contributed by atoms with van der Waals surface area (Å²) in [5.41, 5.74) is 2.49. The molecular formula is C21H19ClN2O2. The third kappa shape index (κ3) is 3.13. The van der Waals surface area contributed by atoms with Crippen LogP contribution in [0.2, 0.25) is 5.02 Å². The number of H-pyrrole nitrogens is 1. The molecule has 1 saturated heterocycles. The number of amides is 1. The molecule has 2 aromatic carbocycles. The van der Waals surface area contributed by atoms with Crippen molar-refractivity contribution in [3.8, 4) is 0 Å². The summed E-state index contributed by atoms with van der Waals surface area (Å²) in [6.07, 6.45) is 3.35. The highest BCUT2D eigenvalue weighted by Crippen LogP contribution is 2.29. The number of benzene rings is 2. The quantitative estimate of drug-likeness (QED) is 0.551. The Morgan fingerprint density at radius 3 is 2.50 bits per heavy atom. The van der Waals surface area contributed by atoms with E-state index in [1.165, 1.54) is 5.56 Å². The molecule has 0 saturated carbocycles. The van der Waals surface area contributed by atoms with Gasteiger partial charge in [0.05, 0.1) is 5.56 Å². The standard InChI is InChI=1S/C21H19ClN2O2/c22-16-6-7-19-17(12-16)18(13-23-19)20(25)21(26)24-10-8-15(9-11-24)14-4-2-1-3-5-14/h1-7,12-13,15,23H,8-11H2. The number of carbonyl (C=O) groups excluding carboxylic acids is 2. The van der Waals surface area contributed by atoms with Crippen molar-refractivity contribution >= 4 is 34.2 Å². The van der Waals surface area contributed by atoms with Gasteiger partial charge in [-0.15, -0.1) is 0 Å². The second-order valence-electron chi connectivity index (χ2n) is 6.70. The molecule has 2 heterocycles. The van der Waals surface area contributed by atoms with Crippen molar-refractivity contribution in [3.63, 3.8) is 0 Å². The lowest BCUT2D eigenvalue weighted by Gasteiger charge is -2.31. The number of Topliss-reactive ketones (excluding diaryl/α,β-unsaturated/α-hetero) is 1. The number of nitrogens with one attached hydrogen (secondary N) is 1. The fourth-order valence-electron chi connectivity index (χ4n) is 3.68. The molecule has 1 aliphatic rings. The van der Waals surface area contributed by atoms with Gasteiger partial charge in [0.25, 0.3) is 11.7 Å². The van der Waals surface area contributed by atoms with Crippen LogP contribution in [0, 0.1) is 0 Å². The highest BCUT2D eigenvalue weighted by atomic mass is 35.5. The normalized spacial score (nSPS) is 15.3. The third-order valence-electron chi connectivity index (χ3n) is 5.14. The molecule has 0 atom stereocenters. The van der Waals surface area contributed by atoms with E-state index < -0.39 is 11.7 Å². The first kappa shape index (κ1) is 16.9. The lowest BCUT2D eigenvalue weighted by Crippen LogP contribution is -2.41. The Hall–Kier alpha value is -2.59. The van der Waals surface area contributed by atoms with E-state index in [1.54, 1.807) is 23.2 Å². The van der Waals surface area contributed by atoms with Gasteiger partial charge in [0, 0.05) is 35.2 Å². The number of nitrogens with zero attached hydrogens (tertiary/aromatic N) is 1. The van der Waals surface area contributed by atoms with Gasteiger partial charge in [-0.3, -0.25) is 9.59 Å². The van der Waals surface area contributed by atoms with Gasteiger partial charge in [-0.25, -0.2) is 0 Å². The highest BCUT2D eigenvalue weighted by Gasteiger charge is 2.29. The minimum absolute atomic E-state index is 0.387. The minimum Gasteiger partial charge on any atom is -0.360 e. The lowest BCUT2D eigenvalue weighted by atomic mass is 9.89. The van der Waals surface area contributed by atoms with Gasteiger partial charge in [-0.05, 0) is 42.5 Å². The fourth-order valence-corrected chi connectivity index (χ4v) is 3.85. The number of fused-ring (bicyclic) bond motifs is 1. The van der Waals surface area contributed by atoms with Crippen LogP contribution in [0.5, 0.6) is 0 Å². The van der Waals surface area contributed by atoms with Gasteiger partial charge in [-0.2, -0.15) is 0 Å². The van der Waals surface area contributed by atoms with Crippen molar-refractivity contribution < 1.29 is 9.59 Å². The van der Waals surface area contributed by atoms with Crippen molar-refractivity contribution in [2.24, 2.45) is 0 Å². The number of ketones is 1. The highest BCUT2D eigenvalue weighted by molar-refractivity contribution is 6.45. The Balaban J connectivity index is 1.48. The summed E-state index contributed by atoms with van der Waals surface area (Å²) in [4.78, 5) is 30.1. The van der Waals surface area contributed by atoms with Crippen LogP contribution in [0.15, 0.2) is 54.7 Å². The Labute approximate surface area is 156 Å². The molecule has 1 fully saturated rings. The van der Waals surface area contributed by atoms with Crippen LogP contribution < -0.4 is 0 Å². The molecule has 1 amide bonds. The van der Waals surface area contributed by atoms with Crippen molar-refractivity contribution in [2.45, 2.75) is 18.8 Å². The number of aromatic amines is 1. The zero-order valence-corrected chi connectivity index (χ0v) is 15.0. The molecule has 1 aliphatic heterocycles. The number of likely N-dealkylation sites (tertiary alicyclic amines) is 1. The molecule has 1 aromatic heterocycles. The molecule has 132 valence electrons. The van der Waals surface area contributed by atoms with Gasteiger partial charge in [0.2, 0.25) is 0 Å². The van der Waals surface area contributed by atoms with Crippen LogP contribution in [0.25, 0.3) is 10.9 Å². The average molecular weight is 367 g/mol. The van der Waals surface area contributed by atoms with Gasteiger partial charge in [0.15, 0.2) is 0 Å². The van der Waals surface area contributed by atoms with Gasteiger partial charge in [-0.1, -0.05) is 41.9 Å². The van der Waals surface area contributed by atoms with Crippen LogP contribution >= 0.6 is 11.6 Å². The molecule has 0 spiro atoms. The van der Waals surface area contributed by atoms with Crippen molar-refractivity contribution in [3.05, 3.63) is 70.9 Å². The topological polar surface area (TPSA) is 53.2 Å². The predicted octanol–water partition coefficient (Wildman–Crippen LogP) is 4.41. The molecule has 3 aromatic rings. The first-order chi connectivity index (χ1) is 12.6. The summed E-state index contributed by atoms with van der Waals surface area (Å²) >= 11 is 6.03. The van der Waals surface area contributed by atoms with Crippen LogP contribution in [-0.4, -0.2) is 34.7 Å². The summed E-state index contributed by atoms with van der Waals surface area (Å²) in [6.45, 7) is 1.21. The first-order valence-corrected chi connectivity index (χ1v) is 9.16. The zero-order chi connectivity index (χ0) is 18.1. The van der Waals surface area contributed by atoms with Crippen LogP contribution in [0.4, 0.5) is 0 Å². The van der Waals surface area contributed by atoms with Crippen molar-refractivity contribution in [2.75, 3.05) is 13.1 Å². The van der Waals surface area contributed by atoms with E-state index in [4.69, 9.17) is 11.6 Å². The summed E-state index contributed by atoms with van der Waals surface area (Å²) in [7, 11) is 0. The van der Waals surface area contributed by atoms with Crippen LogP contribution in [0.1, 0.15) is 34.7 Å². The van der Waals surface area contributed by atoms with Gasteiger partial charge < -0.3 is 9.88 Å². The predicted molar refractivity (Wildman–Crippen MR) is 103 cm³/mol. The maximum atomic E-state index is 12.7. The fraction of sp³-hybridized carbons (Fsp3) is 0.238. The molecular weight excluding hydrogens is 348 g/mol. The number of rotatable bonds is 3. The molecule has 0 unspecified atom stereocenters. The number of hydrogen-bond donors (Lipinski definition) is 1. The van der Waals surface area contributed by atoms with E-state index in [0.29, 0.717) is 35.0 Å². The number of aromatic nitrogens is 1. The molecule has 0 bridgehead atoms. The van der Waals surface area contributed by atoms with Gasteiger partial charge in [0.1, 0.15) is 0 Å². The molecule has 1 N–H and O–H groups in total. The molecule has 5 heteroatoms. The molecule has 4 nitrogen and oxygen atoms in total. The van der Waals surface area contributed by atoms with E-state index in [2.05, 4.69) is 17.1 Å². The molecule has 0 aliphatic carbocycles. The SMILES string of the molecule is O=C(C(=O)N1CCC(c2ccccc2)CC1)c1c[nH]c2ccc(Cl)cc12. The number of piperidine rings is 1. The van der Waals surface area contributed by atoms with E-state index in [1.807, 2.05) is 24.3 Å². The van der Waals surface area contributed by atoms with E-state index in [0.717, 1.165) is 18.4 Å². The first-order valence-electron chi connectivity index (χ1n) is 8.78. The van der Waals surface area contributed by atoms with Crippen LogP contribution in [-0.2, 0) is 4.79 Å². The monoisotopic (exact) mass is 366 g/mol. The van der Waals surface area contributed by atoms with Crippen molar-refractivity contribution in [1.29, 1.82) is 0 Å². The maximum absolute atomic E-state index is 12.7. The minimum atomic E-state index is -0.475. The summed E-state index contributed by atoms with van der Waals surface area (Å²) in [5, 5.41) is 1.23. The second-order valence-corrected chi connectivity index (χ2v) is 7.13. The maximum Gasteiger partial charge on any atom is 0.295 e. The number of carbonyl (C=O) groups is 2. The number of hydrogen-bond acceptors (Lipinski definition) is 2. The lowest BCUT2D eigenvalue weighted by molar-refractivity contribution is -0.127. The Kier molecular flexibility index (Phi) is 4.51. The largest absolute Gasteiger partial charge is 0.360 e. The molecule has 26 heavy (non-hydrogen) atoms. The summed E-state index contributed by atoms with van der Waals surface area (Å²) < 4.78 is 0. The second kappa shape index (κ2) is 6.96. The summed E-state index contributed by atoms with van der Waals surface area (Å²) in [6, 6.07) is 15.6. The smallest absolute Gasteiger partial charge is 0.295 e. The molecule has 0 radical (unpaired) electrons. The van der Waals surface area contributed by atoms with E-state index >= 15 is 0 Å². The van der Waals surface area contributed by atoms with Gasteiger partial charge >= 0.3 is 0 Å². The summed E-state index contributed by atoms with van der Waals surface area (Å²) in [5.74, 6) is -0.462. The Morgan fingerprint density at radius 2 is 1.77 bits per heavy atom. The van der Waals surface area contributed by atoms with Crippen LogP contribution in [0.3, 0.4) is 0 Å². The molecule has 4 rings (SSSR count). The van der Waals surface area contributed by atoms with E-state index in [-0.39, 0.29) is 0 Å². The zero-order valence-electron chi connectivity index (χ0n) is 14.2. The van der Waals surface area contributed by atoms with Crippen molar-refractivity contribution in [1.82, 2.24) is 9.88 Å². The average Bonchev–Trinajstić information content (AvgIpc) is 3.10. The number of halogens is 1. The Bertz CT molecular complexity index is 957. The third-order valence-corrected chi connectivity index (χ3v) is 5.37. The van der Waals surface area contributed by atoms with E-state index in [9.17, 15) is 9.59 Å². The Morgan fingerprint density at radius 1 is 1.04 bits per heavy atom.